The van der Waals surface area contributed by atoms with Crippen LogP contribution in [0.4, 0.5) is 10.1 Å². The Hall–Kier alpha value is -1.10. The van der Waals surface area contributed by atoms with Gasteiger partial charge in [0.05, 0.1) is 10.6 Å². The molecule has 1 aromatic carbocycles. The van der Waals surface area contributed by atoms with Gasteiger partial charge in [-0.15, -0.1) is 0 Å². The van der Waals surface area contributed by atoms with Crippen LogP contribution in [0.5, 0.6) is 0 Å². The van der Waals surface area contributed by atoms with Crippen molar-refractivity contribution in [1.82, 2.24) is 0 Å². The average molecular weight is 259 g/mol. The Balaban J connectivity index is 2.77. The zero-order valence-electron chi connectivity index (χ0n) is 10.2. The number of unbranched alkanes of at least 4 members (excludes halogenated alkanes) is 2. The predicted molar refractivity (Wildman–Crippen MR) is 67.5 cm³/mol. The Morgan fingerprint density at radius 2 is 2.00 bits per heavy atom. The Labute approximate surface area is 102 Å². The minimum absolute atomic E-state index is 0.136. The molecule has 0 amide bonds. The molecule has 1 rings (SSSR count). The average Bonchev–Trinajstić information content (AvgIpc) is 2.25. The topological polar surface area (TPSA) is 46.2 Å². The van der Waals surface area contributed by atoms with Crippen LogP contribution in [0.25, 0.3) is 0 Å². The van der Waals surface area contributed by atoms with Crippen molar-refractivity contribution in [2.24, 2.45) is 0 Å². The molecule has 0 aliphatic heterocycles. The van der Waals surface area contributed by atoms with E-state index in [1.807, 2.05) is 0 Å². The lowest BCUT2D eigenvalue weighted by Gasteiger charge is -2.08. The molecule has 0 saturated carbocycles. The van der Waals surface area contributed by atoms with Crippen molar-refractivity contribution in [3.63, 3.8) is 0 Å². The molecule has 17 heavy (non-hydrogen) atoms. The highest BCUT2D eigenvalue weighted by Gasteiger charge is 2.10. The summed E-state index contributed by atoms with van der Waals surface area (Å²) < 4.78 is 36.1. The number of anilines is 1. The van der Waals surface area contributed by atoms with Crippen LogP contribution in [0, 0.1) is 5.82 Å². The van der Waals surface area contributed by atoms with E-state index in [9.17, 15) is 12.8 Å². The van der Waals surface area contributed by atoms with E-state index in [1.165, 1.54) is 18.2 Å². The lowest BCUT2D eigenvalue weighted by atomic mass is 10.2. The monoisotopic (exact) mass is 259 g/mol. The van der Waals surface area contributed by atoms with E-state index in [0.29, 0.717) is 6.54 Å². The van der Waals surface area contributed by atoms with Crippen molar-refractivity contribution in [2.75, 3.05) is 18.1 Å². The van der Waals surface area contributed by atoms with Crippen molar-refractivity contribution in [1.29, 1.82) is 0 Å². The Kier molecular flexibility index (Phi) is 4.93. The fourth-order valence-electron chi connectivity index (χ4n) is 1.47. The summed E-state index contributed by atoms with van der Waals surface area (Å²) in [5, 5.41) is 2.92. The van der Waals surface area contributed by atoms with Crippen LogP contribution in [0.3, 0.4) is 0 Å². The summed E-state index contributed by atoms with van der Waals surface area (Å²) in [5.74, 6) is -0.422. The highest BCUT2D eigenvalue weighted by atomic mass is 32.2. The third-order valence-electron chi connectivity index (χ3n) is 2.46. The van der Waals surface area contributed by atoms with Crippen molar-refractivity contribution in [2.45, 2.75) is 31.1 Å². The second-order valence-electron chi connectivity index (χ2n) is 4.05. The molecule has 0 bridgehead atoms. The predicted octanol–water partition coefficient (Wildman–Crippen LogP) is 2.83. The van der Waals surface area contributed by atoms with Gasteiger partial charge >= 0.3 is 0 Å². The van der Waals surface area contributed by atoms with Crippen LogP contribution in [0.15, 0.2) is 23.1 Å². The van der Waals surface area contributed by atoms with Crippen molar-refractivity contribution in [3.05, 3.63) is 24.0 Å². The molecule has 96 valence electrons. The molecule has 0 aromatic heterocycles. The maximum atomic E-state index is 13.4. The van der Waals surface area contributed by atoms with Gasteiger partial charge in [0.15, 0.2) is 9.84 Å². The first-order valence-corrected chi connectivity index (χ1v) is 7.57. The van der Waals surface area contributed by atoms with Gasteiger partial charge in [0.1, 0.15) is 5.82 Å². The Morgan fingerprint density at radius 1 is 1.29 bits per heavy atom. The molecule has 0 atom stereocenters. The summed E-state index contributed by atoms with van der Waals surface area (Å²) in [4.78, 5) is 0.136. The van der Waals surface area contributed by atoms with Gasteiger partial charge in [0.2, 0.25) is 0 Å². The van der Waals surface area contributed by atoms with Crippen LogP contribution in [0.1, 0.15) is 26.2 Å². The second-order valence-corrected chi connectivity index (χ2v) is 6.06. The lowest BCUT2D eigenvalue weighted by molar-refractivity contribution is 0.600. The minimum Gasteiger partial charge on any atom is -0.383 e. The minimum atomic E-state index is -3.28. The maximum absolute atomic E-state index is 13.4. The first-order valence-electron chi connectivity index (χ1n) is 5.68. The summed E-state index contributed by atoms with van der Waals surface area (Å²) in [6.07, 6.45) is 4.22. The smallest absolute Gasteiger partial charge is 0.175 e. The molecular weight excluding hydrogens is 241 g/mol. The van der Waals surface area contributed by atoms with Gasteiger partial charge < -0.3 is 5.32 Å². The Morgan fingerprint density at radius 3 is 2.59 bits per heavy atom. The molecule has 5 heteroatoms. The third-order valence-corrected chi connectivity index (χ3v) is 3.57. The molecule has 0 radical (unpaired) electrons. The Bertz CT molecular complexity index is 471. The van der Waals surface area contributed by atoms with Crippen molar-refractivity contribution < 1.29 is 12.8 Å². The van der Waals surface area contributed by atoms with Crippen molar-refractivity contribution in [3.8, 4) is 0 Å². The molecule has 0 unspecified atom stereocenters. The molecule has 1 N–H and O–H groups in total. The first-order chi connectivity index (χ1) is 7.95. The van der Waals surface area contributed by atoms with E-state index in [0.717, 1.165) is 25.5 Å². The van der Waals surface area contributed by atoms with E-state index in [-0.39, 0.29) is 10.6 Å². The van der Waals surface area contributed by atoms with Crippen LogP contribution < -0.4 is 5.32 Å². The van der Waals surface area contributed by atoms with Gasteiger partial charge in [-0.05, 0) is 24.6 Å². The highest BCUT2D eigenvalue weighted by molar-refractivity contribution is 7.90. The van der Waals surface area contributed by atoms with E-state index in [1.54, 1.807) is 0 Å². The van der Waals surface area contributed by atoms with Crippen LogP contribution in [-0.4, -0.2) is 21.2 Å². The van der Waals surface area contributed by atoms with E-state index in [4.69, 9.17) is 0 Å². The van der Waals surface area contributed by atoms with Gasteiger partial charge in [-0.1, -0.05) is 19.8 Å². The highest BCUT2D eigenvalue weighted by Crippen LogP contribution is 2.19. The third kappa shape index (κ3) is 4.34. The first kappa shape index (κ1) is 14.0. The normalized spacial score (nSPS) is 11.5. The van der Waals surface area contributed by atoms with Crippen LogP contribution in [-0.2, 0) is 9.84 Å². The van der Waals surface area contributed by atoms with E-state index in [2.05, 4.69) is 12.2 Å². The lowest BCUT2D eigenvalue weighted by Crippen LogP contribution is -2.05. The largest absolute Gasteiger partial charge is 0.383 e. The molecule has 0 heterocycles. The fraction of sp³-hybridized carbons (Fsp3) is 0.500. The van der Waals surface area contributed by atoms with Gasteiger partial charge in [-0.25, -0.2) is 12.8 Å². The number of halogens is 1. The number of rotatable bonds is 6. The quantitative estimate of drug-likeness (QED) is 0.631. The van der Waals surface area contributed by atoms with Gasteiger partial charge in [0.25, 0.3) is 0 Å². The number of nitrogens with one attached hydrogen (secondary N) is 1. The second kappa shape index (κ2) is 6.00. The fourth-order valence-corrected chi connectivity index (χ4v) is 2.12. The van der Waals surface area contributed by atoms with Crippen LogP contribution >= 0.6 is 0 Å². The van der Waals surface area contributed by atoms with Crippen LogP contribution in [0.2, 0.25) is 0 Å². The number of sulfone groups is 1. The number of benzene rings is 1. The summed E-state index contributed by atoms with van der Waals surface area (Å²) >= 11 is 0. The number of hydrogen-bond donors (Lipinski definition) is 1. The molecule has 0 spiro atoms. The SMILES string of the molecule is CCCCCNc1cc(S(C)(=O)=O)ccc1F. The summed E-state index contributed by atoms with van der Waals surface area (Å²) in [6.45, 7) is 2.74. The molecule has 3 nitrogen and oxygen atoms in total. The van der Waals surface area contributed by atoms with Gasteiger partial charge in [0, 0.05) is 12.8 Å². The molecule has 0 fully saturated rings. The number of hydrogen-bond acceptors (Lipinski definition) is 3. The maximum Gasteiger partial charge on any atom is 0.175 e. The summed E-state index contributed by atoms with van der Waals surface area (Å²) in [7, 11) is -3.28. The van der Waals surface area contributed by atoms with E-state index >= 15 is 0 Å². The van der Waals surface area contributed by atoms with E-state index < -0.39 is 15.7 Å². The summed E-state index contributed by atoms with van der Waals surface area (Å²) in [5.41, 5.74) is 0.254. The molecule has 1 aromatic rings. The zero-order valence-corrected chi connectivity index (χ0v) is 11.0. The summed E-state index contributed by atoms with van der Waals surface area (Å²) in [6, 6.07) is 3.80. The standard InChI is InChI=1S/C12H18FNO2S/c1-3-4-5-8-14-12-9-10(17(2,15)16)6-7-11(12)13/h6-7,9,14H,3-5,8H2,1-2H3. The molecule has 0 saturated heterocycles. The van der Waals surface area contributed by atoms with Crippen molar-refractivity contribution >= 4 is 15.5 Å². The van der Waals surface area contributed by atoms with Gasteiger partial charge in [-0.3, -0.25) is 0 Å². The zero-order chi connectivity index (χ0) is 12.9. The molecular formula is C12H18FNO2S. The molecule has 0 aliphatic carbocycles. The van der Waals surface area contributed by atoms with Gasteiger partial charge in [-0.2, -0.15) is 0 Å². The molecule has 0 aliphatic rings.